The van der Waals surface area contributed by atoms with Gasteiger partial charge in [-0.3, -0.25) is 20.8 Å². The topological polar surface area (TPSA) is 108 Å². The van der Waals surface area contributed by atoms with E-state index in [-0.39, 0.29) is 10.5 Å². The van der Waals surface area contributed by atoms with E-state index in [1.807, 2.05) is 0 Å². The fourth-order valence-corrected chi connectivity index (χ4v) is 0.435. The fourth-order valence-electron chi connectivity index (χ4n) is 0.435. The van der Waals surface area contributed by atoms with E-state index in [9.17, 15) is 0 Å². The van der Waals surface area contributed by atoms with Crippen LogP contribution in [0.25, 0.3) is 0 Å². The Bertz CT molecular complexity index is 77.0. The lowest BCUT2D eigenvalue weighted by Crippen LogP contribution is -2.35. The van der Waals surface area contributed by atoms with Crippen molar-refractivity contribution in [2.24, 2.45) is 0 Å². The summed E-state index contributed by atoms with van der Waals surface area (Å²) in [4.78, 5) is 0. The molecule has 0 saturated carbocycles. The Morgan fingerprint density at radius 3 is 1.40 bits per heavy atom. The zero-order valence-corrected chi connectivity index (χ0v) is 5.12. The smallest absolute Gasteiger partial charge is 0.0889 e. The van der Waals surface area contributed by atoms with Crippen LogP contribution in [0.1, 0.15) is 0 Å². The minimum Gasteiger partial charge on any atom is -0.390 e. The summed E-state index contributed by atoms with van der Waals surface area (Å²) in [6, 6.07) is 0. The van der Waals surface area contributed by atoms with Crippen molar-refractivity contribution in [2.75, 3.05) is 13.1 Å². The minimum atomic E-state index is -1.23. The van der Waals surface area contributed by atoms with Crippen LogP contribution in [0.5, 0.6) is 0 Å². The second-order valence-electron chi connectivity index (χ2n) is 1.76. The average molecular weight is 154 g/mol. The summed E-state index contributed by atoms with van der Waals surface area (Å²) < 4.78 is 0. The van der Waals surface area contributed by atoms with E-state index in [2.05, 4.69) is 0 Å². The van der Waals surface area contributed by atoms with Crippen molar-refractivity contribution in [1.29, 1.82) is 0 Å². The zero-order chi connectivity index (χ0) is 8.15. The van der Waals surface area contributed by atoms with Crippen molar-refractivity contribution in [3.63, 3.8) is 0 Å². The van der Waals surface area contributed by atoms with Gasteiger partial charge in [-0.1, -0.05) is 10.5 Å². The number of aliphatic hydroxyl groups excluding tert-OH is 1. The first-order valence-electron chi connectivity index (χ1n) is 2.51. The highest BCUT2D eigenvalue weighted by atomic mass is 16.8. The molecule has 0 aliphatic rings. The van der Waals surface area contributed by atoms with E-state index in [1.54, 1.807) is 0 Å². The Labute approximate surface area is 56.8 Å². The van der Waals surface area contributed by atoms with Crippen LogP contribution in [0.15, 0.2) is 0 Å². The maximum atomic E-state index is 8.67. The van der Waals surface area contributed by atoms with Crippen LogP contribution in [0.3, 0.4) is 0 Å². The molecule has 0 saturated heterocycles. The van der Waals surface area contributed by atoms with Gasteiger partial charge in [0.15, 0.2) is 0 Å². The van der Waals surface area contributed by atoms with Crippen molar-refractivity contribution in [3.8, 4) is 0 Å². The first-order valence-corrected chi connectivity index (χ1v) is 2.51. The Hall–Kier alpha value is -0.280. The van der Waals surface area contributed by atoms with Crippen molar-refractivity contribution in [1.82, 2.24) is 10.5 Å². The number of hydrogen-bond donors (Lipinski definition) is 5. The van der Waals surface area contributed by atoms with Gasteiger partial charge in [0.25, 0.3) is 0 Å². The largest absolute Gasteiger partial charge is 0.390 e. The van der Waals surface area contributed by atoms with Gasteiger partial charge in [-0.25, -0.2) is 0 Å². The predicted molar refractivity (Wildman–Crippen MR) is 26.6 cm³/mol. The number of aliphatic hydroxyl groups is 1. The second kappa shape index (κ2) is 4.52. The molecule has 0 radical (unpaired) electrons. The molecule has 0 unspecified atom stereocenters. The molecule has 0 amide bonds. The third-order valence-electron chi connectivity index (χ3n) is 0.748. The van der Waals surface area contributed by atoms with E-state index < -0.39 is 19.2 Å². The summed E-state index contributed by atoms with van der Waals surface area (Å²) in [7, 11) is 0. The van der Waals surface area contributed by atoms with E-state index in [4.69, 9.17) is 25.9 Å². The molecule has 0 aromatic heterocycles. The average Bonchev–Trinajstić information content (AvgIpc) is 1.58. The van der Waals surface area contributed by atoms with Crippen molar-refractivity contribution >= 4 is 0 Å². The van der Waals surface area contributed by atoms with E-state index in [0.717, 1.165) is 0 Å². The predicted octanol–water partition coefficient (Wildman–Crippen LogP) is -1.49. The highest BCUT2D eigenvalue weighted by molar-refractivity contribution is 4.53. The Kier molecular flexibility index (Phi) is 4.40. The van der Waals surface area contributed by atoms with Crippen LogP contribution < -0.4 is 0 Å². The molecule has 10 heavy (non-hydrogen) atoms. The third kappa shape index (κ3) is 5.85. The molecular weight excluding hydrogens is 144 g/mol. The molecule has 5 N–H and O–H groups in total. The number of rotatable bonds is 4. The first kappa shape index (κ1) is 9.72. The first-order chi connectivity index (χ1) is 4.52. The van der Waals surface area contributed by atoms with Gasteiger partial charge in [-0.15, -0.1) is 0 Å². The summed E-state index contributed by atoms with van der Waals surface area (Å²) in [6.45, 7) is -0.949. The molecule has 62 valence electrons. The highest BCUT2D eigenvalue weighted by Crippen LogP contribution is 1.86. The van der Waals surface area contributed by atoms with Crippen molar-refractivity contribution in [3.05, 3.63) is 0 Å². The number of nitrogens with zero attached hydrogens (tertiary/aromatic N) is 2. The van der Waals surface area contributed by atoms with Crippen LogP contribution in [-0.4, -0.2) is 55.6 Å². The van der Waals surface area contributed by atoms with E-state index in [1.165, 1.54) is 0 Å². The van der Waals surface area contributed by atoms with Gasteiger partial charge in [0, 0.05) is 0 Å². The van der Waals surface area contributed by atoms with Crippen LogP contribution >= 0.6 is 0 Å². The zero-order valence-electron chi connectivity index (χ0n) is 5.12. The number of hydrogen-bond acceptors (Lipinski definition) is 7. The summed E-state index contributed by atoms with van der Waals surface area (Å²) in [6.07, 6.45) is -1.23. The van der Waals surface area contributed by atoms with Gasteiger partial charge in [0.05, 0.1) is 19.2 Å². The summed E-state index contributed by atoms with van der Waals surface area (Å²) in [5.74, 6) is 0. The SMILES string of the molecule is OC(CN(O)O)CN(O)O. The van der Waals surface area contributed by atoms with Crippen LogP contribution in [0.2, 0.25) is 0 Å². The quantitative estimate of drug-likeness (QED) is 0.314. The molecule has 7 nitrogen and oxygen atoms in total. The molecule has 7 heteroatoms. The van der Waals surface area contributed by atoms with Crippen molar-refractivity contribution in [2.45, 2.75) is 6.10 Å². The second-order valence-corrected chi connectivity index (χ2v) is 1.76. The lowest BCUT2D eigenvalue weighted by atomic mass is 10.4. The Morgan fingerprint density at radius 1 is 0.900 bits per heavy atom. The highest BCUT2D eigenvalue weighted by Gasteiger charge is 2.09. The lowest BCUT2D eigenvalue weighted by molar-refractivity contribution is -0.337. The van der Waals surface area contributed by atoms with Gasteiger partial charge >= 0.3 is 0 Å². The standard InChI is InChI=1S/C3H10N2O5/c6-3(1-4(7)8)2-5(9)10/h3,6-10H,1-2H2. The molecule has 0 atom stereocenters. The summed E-state index contributed by atoms with van der Waals surface area (Å²) >= 11 is 0. The van der Waals surface area contributed by atoms with Crippen LogP contribution in [-0.2, 0) is 0 Å². The van der Waals surface area contributed by atoms with Crippen LogP contribution in [0.4, 0.5) is 0 Å². The van der Waals surface area contributed by atoms with Gasteiger partial charge in [-0.05, 0) is 0 Å². The molecule has 0 rings (SSSR count). The normalized spacial score (nSPS) is 12.0. The monoisotopic (exact) mass is 154 g/mol. The van der Waals surface area contributed by atoms with Crippen LogP contribution in [0, 0.1) is 0 Å². The third-order valence-corrected chi connectivity index (χ3v) is 0.748. The number of hydroxylamine groups is 4. The van der Waals surface area contributed by atoms with Gasteiger partial charge in [-0.2, -0.15) is 0 Å². The molecule has 0 aromatic carbocycles. The molecular formula is C3H10N2O5. The fraction of sp³-hybridized carbons (Fsp3) is 1.00. The van der Waals surface area contributed by atoms with E-state index in [0.29, 0.717) is 0 Å². The molecule has 0 fully saturated rings. The summed E-state index contributed by atoms with van der Waals surface area (Å²) in [5.41, 5.74) is 0. The van der Waals surface area contributed by atoms with Gasteiger partial charge in [0.1, 0.15) is 0 Å². The maximum absolute atomic E-state index is 8.67. The van der Waals surface area contributed by atoms with E-state index >= 15 is 0 Å². The molecule has 0 aliphatic heterocycles. The Balaban J connectivity index is 3.34. The molecule has 0 bridgehead atoms. The molecule has 0 aliphatic carbocycles. The molecule has 0 heterocycles. The van der Waals surface area contributed by atoms with Crippen molar-refractivity contribution < 1.29 is 25.9 Å². The lowest BCUT2D eigenvalue weighted by Gasteiger charge is -2.14. The van der Waals surface area contributed by atoms with Gasteiger partial charge in [0.2, 0.25) is 0 Å². The molecule has 0 aromatic rings. The van der Waals surface area contributed by atoms with Gasteiger partial charge < -0.3 is 5.11 Å². The minimum absolute atomic E-state index is 0.242. The maximum Gasteiger partial charge on any atom is 0.0889 e. The Morgan fingerprint density at radius 2 is 1.20 bits per heavy atom. The summed E-state index contributed by atoms with van der Waals surface area (Å²) in [5, 5.41) is 40.5. The molecule has 0 spiro atoms.